The standard InChI is InChI=1S/C10H12N2O3S/c1-6-9(10(14)15)16-8(12-6)4-3-5-11-7(2)13/h3-4H,5H2,1-2H3,(H,11,13)(H,14,15). The predicted octanol–water partition coefficient (Wildman–Crippen LogP) is 1.30. The van der Waals surface area contributed by atoms with Gasteiger partial charge in [-0.15, -0.1) is 11.3 Å². The summed E-state index contributed by atoms with van der Waals surface area (Å²) in [7, 11) is 0. The molecule has 0 aliphatic carbocycles. The number of aryl methyl sites for hydroxylation is 1. The lowest BCUT2D eigenvalue weighted by molar-refractivity contribution is -0.118. The molecule has 1 aromatic heterocycles. The Morgan fingerprint density at radius 1 is 1.56 bits per heavy atom. The summed E-state index contributed by atoms with van der Waals surface area (Å²) in [4.78, 5) is 25.6. The van der Waals surface area contributed by atoms with Gasteiger partial charge in [-0.2, -0.15) is 0 Å². The van der Waals surface area contributed by atoms with E-state index in [0.717, 1.165) is 11.3 Å². The topological polar surface area (TPSA) is 79.3 Å². The number of nitrogens with one attached hydrogen (secondary N) is 1. The lowest BCUT2D eigenvalue weighted by Gasteiger charge is -1.92. The fourth-order valence-electron chi connectivity index (χ4n) is 1.05. The van der Waals surface area contributed by atoms with Gasteiger partial charge in [-0.3, -0.25) is 4.79 Å². The van der Waals surface area contributed by atoms with Crippen LogP contribution in [0.3, 0.4) is 0 Å². The van der Waals surface area contributed by atoms with Crippen LogP contribution >= 0.6 is 11.3 Å². The highest BCUT2D eigenvalue weighted by Gasteiger charge is 2.11. The maximum absolute atomic E-state index is 10.7. The van der Waals surface area contributed by atoms with Gasteiger partial charge in [0.2, 0.25) is 5.91 Å². The summed E-state index contributed by atoms with van der Waals surface area (Å²) < 4.78 is 0. The number of amides is 1. The number of carboxylic acid groups (broad SMARTS) is 1. The van der Waals surface area contributed by atoms with Gasteiger partial charge in [0.15, 0.2) is 0 Å². The van der Waals surface area contributed by atoms with Crippen molar-refractivity contribution in [2.24, 2.45) is 0 Å². The number of aromatic carboxylic acids is 1. The van der Waals surface area contributed by atoms with Crippen LogP contribution in [0.5, 0.6) is 0 Å². The van der Waals surface area contributed by atoms with E-state index in [0.29, 0.717) is 17.2 Å². The van der Waals surface area contributed by atoms with Crippen molar-refractivity contribution < 1.29 is 14.7 Å². The molecule has 0 fully saturated rings. The number of aromatic nitrogens is 1. The first-order valence-electron chi connectivity index (χ1n) is 4.62. The van der Waals surface area contributed by atoms with Crippen LogP contribution < -0.4 is 5.32 Å². The van der Waals surface area contributed by atoms with E-state index >= 15 is 0 Å². The SMILES string of the molecule is CC(=O)NCC=Cc1nc(C)c(C(=O)O)s1. The summed E-state index contributed by atoms with van der Waals surface area (Å²) in [5.41, 5.74) is 0.511. The molecule has 5 nitrogen and oxygen atoms in total. The maximum Gasteiger partial charge on any atom is 0.347 e. The summed E-state index contributed by atoms with van der Waals surface area (Å²) in [5.74, 6) is -1.07. The number of carbonyl (C=O) groups is 2. The molecule has 0 saturated carbocycles. The van der Waals surface area contributed by atoms with Gasteiger partial charge in [-0.25, -0.2) is 9.78 Å². The van der Waals surface area contributed by atoms with Crippen molar-refractivity contribution in [1.29, 1.82) is 0 Å². The number of hydrogen-bond donors (Lipinski definition) is 2. The van der Waals surface area contributed by atoms with Crippen LogP contribution in [0, 0.1) is 6.92 Å². The minimum absolute atomic E-state index is 0.105. The molecule has 1 heterocycles. The van der Waals surface area contributed by atoms with E-state index in [2.05, 4.69) is 10.3 Å². The lowest BCUT2D eigenvalue weighted by atomic mass is 10.4. The Balaban J connectivity index is 2.64. The second kappa shape index (κ2) is 5.41. The van der Waals surface area contributed by atoms with Gasteiger partial charge in [0.25, 0.3) is 0 Å². The quantitative estimate of drug-likeness (QED) is 0.831. The van der Waals surface area contributed by atoms with Crippen LogP contribution in [0.25, 0.3) is 6.08 Å². The van der Waals surface area contributed by atoms with Crippen molar-refractivity contribution in [2.75, 3.05) is 6.54 Å². The number of nitrogens with zero attached hydrogens (tertiary/aromatic N) is 1. The largest absolute Gasteiger partial charge is 0.477 e. The molecule has 16 heavy (non-hydrogen) atoms. The van der Waals surface area contributed by atoms with E-state index in [1.54, 1.807) is 19.1 Å². The molecule has 0 radical (unpaired) electrons. The Bertz CT molecular complexity index is 437. The lowest BCUT2D eigenvalue weighted by Crippen LogP contribution is -2.19. The average molecular weight is 240 g/mol. The van der Waals surface area contributed by atoms with Gasteiger partial charge < -0.3 is 10.4 Å². The molecule has 0 unspecified atom stereocenters. The monoisotopic (exact) mass is 240 g/mol. The highest BCUT2D eigenvalue weighted by atomic mass is 32.1. The molecule has 86 valence electrons. The Kier molecular flexibility index (Phi) is 4.19. The zero-order valence-corrected chi connectivity index (χ0v) is 9.80. The molecule has 0 aliphatic rings. The predicted molar refractivity (Wildman–Crippen MR) is 61.5 cm³/mol. The van der Waals surface area contributed by atoms with Gasteiger partial charge in [0.05, 0.1) is 5.69 Å². The number of thiazole rings is 1. The molecular weight excluding hydrogens is 228 g/mol. The van der Waals surface area contributed by atoms with Crippen LogP contribution in [0.4, 0.5) is 0 Å². The molecule has 0 atom stereocenters. The van der Waals surface area contributed by atoms with Gasteiger partial charge in [-0.05, 0) is 13.0 Å². The summed E-state index contributed by atoms with van der Waals surface area (Å²) >= 11 is 1.12. The van der Waals surface area contributed by atoms with E-state index < -0.39 is 5.97 Å². The third kappa shape index (κ3) is 3.47. The van der Waals surface area contributed by atoms with Crippen molar-refractivity contribution in [2.45, 2.75) is 13.8 Å². The summed E-state index contributed by atoms with van der Waals surface area (Å²) in [6.45, 7) is 3.51. The fraction of sp³-hybridized carbons (Fsp3) is 0.300. The van der Waals surface area contributed by atoms with Crippen LogP contribution in [-0.2, 0) is 4.79 Å². The molecule has 0 spiro atoms. The first kappa shape index (κ1) is 12.4. The molecule has 1 rings (SSSR count). The molecule has 2 N–H and O–H groups in total. The van der Waals surface area contributed by atoms with Crippen LogP contribution in [-0.4, -0.2) is 28.5 Å². The molecule has 0 saturated heterocycles. The van der Waals surface area contributed by atoms with Gasteiger partial charge in [0, 0.05) is 13.5 Å². The Morgan fingerprint density at radius 3 is 2.75 bits per heavy atom. The Hall–Kier alpha value is -1.69. The van der Waals surface area contributed by atoms with Gasteiger partial charge in [-0.1, -0.05) is 6.08 Å². The normalized spacial score (nSPS) is 10.6. The third-order valence-electron chi connectivity index (χ3n) is 1.74. The Morgan fingerprint density at radius 2 is 2.25 bits per heavy atom. The van der Waals surface area contributed by atoms with Crippen molar-refractivity contribution in [3.05, 3.63) is 21.7 Å². The van der Waals surface area contributed by atoms with Crippen LogP contribution in [0.15, 0.2) is 6.08 Å². The van der Waals surface area contributed by atoms with Crippen molar-refractivity contribution in [3.63, 3.8) is 0 Å². The van der Waals surface area contributed by atoms with E-state index in [1.807, 2.05) is 0 Å². The second-order valence-electron chi connectivity index (χ2n) is 3.11. The highest BCUT2D eigenvalue weighted by molar-refractivity contribution is 7.14. The third-order valence-corrected chi connectivity index (χ3v) is 2.85. The van der Waals surface area contributed by atoms with E-state index in [-0.39, 0.29) is 10.8 Å². The first-order chi connectivity index (χ1) is 7.50. The average Bonchev–Trinajstić information content (AvgIpc) is 2.54. The minimum atomic E-state index is -0.962. The molecule has 6 heteroatoms. The van der Waals surface area contributed by atoms with Crippen LogP contribution in [0.2, 0.25) is 0 Å². The van der Waals surface area contributed by atoms with Crippen LogP contribution in [0.1, 0.15) is 27.3 Å². The molecule has 0 bridgehead atoms. The van der Waals surface area contributed by atoms with E-state index in [4.69, 9.17) is 5.11 Å². The zero-order chi connectivity index (χ0) is 12.1. The number of carboxylic acids is 1. The molecular formula is C10H12N2O3S. The van der Waals surface area contributed by atoms with Crippen molar-refractivity contribution >= 4 is 29.3 Å². The van der Waals surface area contributed by atoms with Crippen molar-refractivity contribution in [1.82, 2.24) is 10.3 Å². The smallest absolute Gasteiger partial charge is 0.347 e. The highest BCUT2D eigenvalue weighted by Crippen LogP contribution is 2.18. The minimum Gasteiger partial charge on any atom is -0.477 e. The summed E-state index contributed by atoms with van der Waals surface area (Å²) in [6.07, 6.45) is 3.42. The summed E-state index contributed by atoms with van der Waals surface area (Å²) in [6, 6.07) is 0. The van der Waals surface area contributed by atoms with E-state index in [1.165, 1.54) is 6.92 Å². The molecule has 1 amide bonds. The van der Waals surface area contributed by atoms with Crippen molar-refractivity contribution in [3.8, 4) is 0 Å². The van der Waals surface area contributed by atoms with Gasteiger partial charge in [0.1, 0.15) is 9.88 Å². The molecule has 0 aliphatic heterocycles. The molecule has 0 aromatic carbocycles. The Labute approximate surface area is 96.8 Å². The number of rotatable bonds is 4. The second-order valence-corrected chi connectivity index (χ2v) is 4.14. The van der Waals surface area contributed by atoms with Gasteiger partial charge >= 0.3 is 5.97 Å². The first-order valence-corrected chi connectivity index (χ1v) is 5.44. The number of carbonyl (C=O) groups excluding carboxylic acids is 1. The zero-order valence-electron chi connectivity index (χ0n) is 8.98. The summed E-state index contributed by atoms with van der Waals surface area (Å²) in [5, 5.41) is 12.0. The molecule has 1 aromatic rings. The number of hydrogen-bond acceptors (Lipinski definition) is 4. The maximum atomic E-state index is 10.7. The fourth-order valence-corrected chi connectivity index (χ4v) is 1.89. The van der Waals surface area contributed by atoms with E-state index in [9.17, 15) is 9.59 Å².